The van der Waals surface area contributed by atoms with Crippen molar-refractivity contribution in [2.45, 2.75) is 96.5 Å². The Morgan fingerprint density at radius 2 is 1.78 bits per heavy atom. The number of likely N-dealkylation sites (tertiary alicyclic amines) is 2. The Hall–Kier alpha value is -3.23. The molecule has 0 bridgehead atoms. The molecule has 0 aromatic heterocycles. The number of carbonyl (C=O) groups is 4. The first-order chi connectivity index (χ1) is 20.9. The lowest BCUT2D eigenvalue weighted by Crippen LogP contribution is -2.66. The molecule has 2 amide bonds. The molecule has 0 N–H and O–H groups in total. The van der Waals surface area contributed by atoms with Gasteiger partial charge in [-0.25, -0.2) is 9.59 Å². The molecule has 1 aromatic rings. The van der Waals surface area contributed by atoms with E-state index in [4.69, 9.17) is 13.9 Å². The van der Waals surface area contributed by atoms with Crippen molar-refractivity contribution in [3.8, 4) is 0 Å². The second kappa shape index (κ2) is 14.5. The zero-order valence-electron chi connectivity index (χ0n) is 27.6. The number of thioether (sulfide) groups is 1. The number of nitro benzene ring substituents is 1. The average molecular weight is 664 g/mol. The van der Waals surface area contributed by atoms with Gasteiger partial charge in [0.05, 0.1) is 30.1 Å². The molecule has 0 radical (unpaired) electrons. The van der Waals surface area contributed by atoms with Gasteiger partial charge in [0.2, 0.25) is 5.91 Å². The third kappa shape index (κ3) is 8.53. The number of amides is 2. The van der Waals surface area contributed by atoms with Gasteiger partial charge in [-0.1, -0.05) is 32.5 Å². The Bertz CT molecular complexity index is 1340. The van der Waals surface area contributed by atoms with E-state index in [1.54, 1.807) is 13.8 Å². The number of esters is 1. The van der Waals surface area contributed by atoms with E-state index >= 15 is 0 Å². The number of carbonyl (C=O) groups excluding carboxylic acids is 4. The van der Waals surface area contributed by atoms with E-state index in [9.17, 15) is 29.3 Å². The molecule has 2 fully saturated rings. The summed E-state index contributed by atoms with van der Waals surface area (Å²) in [6.45, 7) is 16.6. The molecule has 45 heavy (non-hydrogen) atoms. The molecule has 14 heteroatoms. The summed E-state index contributed by atoms with van der Waals surface area (Å²) in [5.74, 6) is -1.51. The van der Waals surface area contributed by atoms with Gasteiger partial charge >= 0.3 is 12.1 Å². The number of nitro groups is 1. The highest BCUT2D eigenvalue weighted by atomic mass is 32.2. The van der Waals surface area contributed by atoms with Crippen LogP contribution in [0, 0.1) is 16.0 Å². The van der Waals surface area contributed by atoms with Crippen LogP contribution in [0.1, 0.15) is 59.9 Å². The van der Waals surface area contributed by atoms with E-state index in [0.717, 1.165) is 11.8 Å². The minimum absolute atomic E-state index is 0.0150. The Morgan fingerprint density at radius 1 is 1.16 bits per heavy atom. The van der Waals surface area contributed by atoms with Gasteiger partial charge in [0.15, 0.2) is 13.4 Å². The summed E-state index contributed by atoms with van der Waals surface area (Å²) in [5.41, 5.74) is 1.33. The predicted octanol–water partition coefficient (Wildman–Crippen LogP) is 5.66. The summed E-state index contributed by atoms with van der Waals surface area (Å²) in [4.78, 5) is 65.7. The standard InChI is InChI=1S/C31H45N3O9SSi/c1-19(2)27(29(37)41-7)33-24(26(28(33)36)20(3)43-45(8,9)31(4,5)6)16-25(35)44-23-14-15-32(17-23)30(38)42-18-21-10-12-22(13-11-21)34(39)40/h10-13,20,23-24,26H,14-18H2,1-9H3/t20-,23+,24-,26-/m1/s1. The molecule has 2 aliphatic rings. The van der Waals surface area contributed by atoms with Gasteiger partial charge in [-0.2, -0.15) is 0 Å². The largest absolute Gasteiger partial charge is 0.464 e. The summed E-state index contributed by atoms with van der Waals surface area (Å²) in [6, 6.07) is 5.20. The van der Waals surface area contributed by atoms with Crippen molar-refractivity contribution >= 4 is 48.9 Å². The van der Waals surface area contributed by atoms with Gasteiger partial charge in [-0.3, -0.25) is 19.7 Å². The lowest BCUT2D eigenvalue weighted by molar-refractivity contribution is -0.384. The highest BCUT2D eigenvalue weighted by molar-refractivity contribution is 8.14. The Labute approximate surface area is 270 Å². The first kappa shape index (κ1) is 36.2. The molecule has 248 valence electrons. The molecule has 2 heterocycles. The van der Waals surface area contributed by atoms with Crippen LogP contribution < -0.4 is 0 Å². The summed E-state index contributed by atoms with van der Waals surface area (Å²) < 4.78 is 16.9. The van der Waals surface area contributed by atoms with Crippen LogP contribution in [0.4, 0.5) is 10.5 Å². The van der Waals surface area contributed by atoms with Crippen molar-refractivity contribution in [3.63, 3.8) is 0 Å². The van der Waals surface area contributed by atoms with Crippen molar-refractivity contribution in [1.29, 1.82) is 0 Å². The van der Waals surface area contributed by atoms with Crippen molar-refractivity contribution < 1.29 is 38.0 Å². The van der Waals surface area contributed by atoms with Gasteiger partial charge in [0.25, 0.3) is 5.69 Å². The van der Waals surface area contributed by atoms with Crippen LogP contribution in [-0.2, 0) is 34.9 Å². The lowest BCUT2D eigenvalue weighted by atomic mass is 9.80. The summed E-state index contributed by atoms with van der Waals surface area (Å²) in [7, 11) is -0.978. The number of hydrogen-bond donors (Lipinski definition) is 0. The van der Waals surface area contributed by atoms with E-state index < -0.39 is 43.4 Å². The van der Waals surface area contributed by atoms with Crippen LogP contribution >= 0.6 is 11.8 Å². The number of methoxy groups -OCH3 is 1. The third-order valence-corrected chi connectivity index (χ3v) is 14.5. The van der Waals surface area contributed by atoms with Crippen molar-refractivity contribution in [2.75, 3.05) is 20.2 Å². The highest BCUT2D eigenvalue weighted by Gasteiger charge is 2.55. The smallest absolute Gasteiger partial charge is 0.410 e. The molecule has 0 spiro atoms. The molecule has 0 saturated carbocycles. The van der Waals surface area contributed by atoms with Crippen LogP contribution in [0.3, 0.4) is 0 Å². The van der Waals surface area contributed by atoms with E-state index in [1.807, 2.05) is 6.92 Å². The van der Waals surface area contributed by atoms with Crippen LogP contribution in [0.5, 0.6) is 0 Å². The number of allylic oxidation sites excluding steroid dienone is 1. The number of rotatable bonds is 11. The molecular formula is C31H45N3O9SSi. The Morgan fingerprint density at radius 3 is 2.31 bits per heavy atom. The van der Waals surface area contributed by atoms with Gasteiger partial charge < -0.3 is 23.7 Å². The Kier molecular flexibility index (Phi) is 11.6. The highest BCUT2D eigenvalue weighted by Crippen LogP contribution is 2.43. The quantitative estimate of drug-likeness (QED) is 0.0726. The zero-order valence-corrected chi connectivity index (χ0v) is 29.4. The molecule has 3 rings (SSSR count). The second-order valence-electron chi connectivity index (χ2n) is 13.3. The number of hydrogen-bond acceptors (Lipinski definition) is 10. The lowest BCUT2D eigenvalue weighted by Gasteiger charge is -2.51. The zero-order chi connectivity index (χ0) is 33.9. The third-order valence-electron chi connectivity index (χ3n) is 8.74. The van der Waals surface area contributed by atoms with Gasteiger partial charge in [0.1, 0.15) is 12.3 Å². The maximum absolute atomic E-state index is 13.6. The molecule has 1 aromatic carbocycles. The molecule has 12 nitrogen and oxygen atoms in total. The van der Waals surface area contributed by atoms with Crippen molar-refractivity contribution in [1.82, 2.24) is 9.80 Å². The minimum Gasteiger partial charge on any atom is -0.464 e. The summed E-state index contributed by atoms with van der Waals surface area (Å²) >= 11 is 1.14. The molecule has 0 aliphatic carbocycles. The van der Waals surface area contributed by atoms with E-state index in [1.165, 1.54) is 41.2 Å². The van der Waals surface area contributed by atoms with E-state index in [-0.39, 0.29) is 45.7 Å². The van der Waals surface area contributed by atoms with Crippen LogP contribution in [0.2, 0.25) is 18.1 Å². The van der Waals surface area contributed by atoms with Crippen molar-refractivity contribution in [3.05, 3.63) is 51.2 Å². The first-order valence-electron chi connectivity index (χ1n) is 15.0. The molecule has 4 atom stereocenters. The van der Waals surface area contributed by atoms with Crippen LogP contribution in [-0.4, -0.2) is 83.7 Å². The second-order valence-corrected chi connectivity index (χ2v) is 19.4. The van der Waals surface area contributed by atoms with Gasteiger partial charge in [0, 0.05) is 36.9 Å². The monoisotopic (exact) mass is 663 g/mol. The molecular weight excluding hydrogens is 619 g/mol. The first-order valence-corrected chi connectivity index (χ1v) is 18.8. The van der Waals surface area contributed by atoms with Gasteiger partial charge in [-0.05, 0) is 68.6 Å². The molecule has 0 unspecified atom stereocenters. The van der Waals surface area contributed by atoms with E-state index in [0.29, 0.717) is 30.6 Å². The topological polar surface area (TPSA) is 146 Å². The number of benzene rings is 1. The normalized spacial score (nSPS) is 20.7. The average Bonchev–Trinajstić information content (AvgIpc) is 3.41. The number of non-ortho nitro benzene ring substituents is 1. The summed E-state index contributed by atoms with van der Waals surface area (Å²) in [5, 5.41) is 10.5. The Balaban J connectivity index is 1.66. The number of nitrogens with zero attached hydrogens (tertiary/aromatic N) is 3. The fourth-order valence-electron chi connectivity index (χ4n) is 5.28. The minimum atomic E-state index is -2.24. The summed E-state index contributed by atoms with van der Waals surface area (Å²) in [6.07, 6.45) is -0.378. The van der Waals surface area contributed by atoms with Gasteiger partial charge in [-0.15, -0.1) is 0 Å². The van der Waals surface area contributed by atoms with Crippen molar-refractivity contribution in [2.24, 2.45) is 5.92 Å². The van der Waals surface area contributed by atoms with E-state index in [2.05, 4.69) is 33.9 Å². The predicted molar refractivity (Wildman–Crippen MR) is 173 cm³/mol. The van der Waals surface area contributed by atoms with Crippen LogP contribution in [0.15, 0.2) is 35.5 Å². The SMILES string of the molecule is COC(=O)C(=C(C)C)N1C(=O)[C@H]([C@@H](C)O[Si](C)(C)C(C)(C)C)[C@H]1CC(=O)S[C@H]1CCN(C(=O)OCc2ccc([N+](=O)[O-])cc2)C1. The number of β-lactam (4-membered cyclic amide) rings is 1. The fraction of sp³-hybridized carbons (Fsp3) is 0.613. The van der Waals surface area contributed by atoms with Crippen LogP contribution in [0.25, 0.3) is 0 Å². The molecule has 2 saturated heterocycles. The maximum atomic E-state index is 13.6. The fourth-order valence-corrected chi connectivity index (χ4v) is 7.82. The molecule has 2 aliphatic heterocycles. The number of ether oxygens (including phenoxy) is 2. The maximum Gasteiger partial charge on any atom is 0.410 e.